The number of urea groups is 1. The highest BCUT2D eigenvalue weighted by Crippen LogP contribution is 2.34. The van der Waals surface area contributed by atoms with Gasteiger partial charge in [-0.05, 0) is 24.3 Å². The maximum atomic E-state index is 12.3. The topological polar surface area (TPSA) is 69.6 Å². The number of nitrogens with one attached hydrogen (secondary N) is 1. The predicted octanol–water partition coefficient (Wildman–Crippen LogP) is 2.64. The van der Waals surface area contributed by atoms with Crippen LogP contribution < -0.4 is 5.32 Å². The second-order valence-corrected chi connectivity index (χ2v) is 5.65. The van der Waals surface area contributed by atoms with E-state index in [9.17, 15) is 9.59 Å². The van der Waals surface area contributed by atoms with Crippen molar-refractivity contribution in [3.63, 3.8) is 0 Å². The van der Waals surface area contributed by atoms with Crippen LogP contribution in [0.15, 0.2) is 30.3 Å². The van der Waals surface area contributed by atoms with Gasteiger partial charge >= 0.3 is 12.0 Å². The first-order valence-corrected chi connectivity index (χ1v) is 7.39. The van der Waals surface area contributed by atoms with Crippen LogP contribution >= 0.6 is 0 Å². The summed E-state index contributed by atoms with van der Waals surface area (Å²) in [6, 6.07) is 10.1. The average molecular weight is 290 g/mol. The van der Waals surface area contributed by atoms with E-state index in [0.717, 1.165) is 18.5 Å². The molecule has 2 amide bonds. The number of hydrogen-bond donors (Lipinski definition) is 2. The van der Waals surface area contributed by atoms with Crippen molar-refractivity contribution < 1.29 is 14.7 Å². The van der Waals surface area contributed by atoms with Crippen molar-refractivity contribution >= 4 is 12.0 Å². The van der Waals surface area contributed by atoms with E-state index in [2.05, 4.69) is 12.2 Å². The fourth-order valence-electron chi connectivity index (χ4n) is 2.80. The summed E-state index contributed by atoms with van der Waals surface area (Å²) in [5, 5.41) is 11.4. The largest absolute Gasteiger partial charge is 0.481 e. The third-order valence-corrected chi connectivity index (χ3v) is 3.80. The van der Waals surface area contributed by atoms with Crippen LogP contribution in [0.5, 0.6) is 0 Å². The molecule has 2 N–H and O–H groups in total. The predicted molar refractivity (Wildman–Crippen MR) is 79.9 cm³/mol. The van der Waals surface area contributed by atoms with E-state index in [1.165, 1.54) is 0 Å². The number of nitrogens with zero attached hydrogens (tertiary/aromatic N) is 1. The molecule has 5 nitrogen and oxygen atoms in total. The number of hydrogen-bond acceptors (Lipinski definition) is 2. The Morgan fingerprint density at radius 3 is 2.71 bits per heavy atom. The molecule has 1 aliphatic rings. The molecule has 0 spiro atoms. The third-order valence-electron chi connectivity index (χ3n) is 3.80. The van der Waals surface area contributed by atoms with Gasteiger partial charge in [-0.25, -0.2) is 4.79 Å². The Balaban J connectivity index is 1.93. The summed E-state index contributed by atoms with van der Waals surface area (Å²) in [6.45, 7) is 3.29. The Kier molecular flexibility index (Phi) is 5.20. The van der Waals surface area contributed by atoms with E-state index in [-0.39, 0.29) is 18.5 Å². The standard InChI is InChI=1S/C16H22N2O3/c1-12-10-14(13-6-3-2-4-7-13)18(11-12)16(21)17-9-5-8-15(19)20/h2-4,6-7,12,14H,5,8-11H2,1H3,(H,17,21)(H,19,20). The van der Waals surface area contributed by atoms with Crippen molar-refractivity contribution in [1.82, 2.24) is 10.2 Å². The highest BCUT2D eigenvalue weighted by Gasteiger charge is 2.33. The lowest BCUT2D eigenvalue weighted by Crippen LogP contribution is -2.40. The molecule has 1 aromatic rings. The first-order valence-electron chi connectivity index (χ1n) is 7.39. The van der Waals surface area contributed by atoms with Gasteiger partial charge in [0.2, 0.25) is 0 Å². The number of rotatable bonds is 5. The van der Waals surface area contributed by atoms with Gasteiger partial charge in [0.1, 0.15) is 0 Å². The number of carboxylic acid groups (broad SMARTS) is 1. The smallest absolute Gasteiger partial charge is 0.317 e. The van der Waals surface area contributed by atoms with Gasteiger partial charge in [0.05, 0.1) is 6.04 Å². The van der Waals surface area contributed by atoms with E-state index in [1.807, 2.05) is 35.2 Å². The molecule has 2 rings (SSSR count). The number of amides is 2. The minimum Gasteiger partial charge on any atom is -0.481 e. The molecule has 0 saturated carbocycles. The maximum Gasteiger partial charge on any atom is 0.317 e. The Morgan fingerprint density at radius 2 is 2.05 bits per heavy atom. The summed E-state index contributed by atoms with van der Waals surface area (Å²) in [7, 11) is 0. The zero-order chi connectivity index (χ0) is 15.2. The second kappa shape index (κ2) is 7.11. The van der Waals surface area contributed by atoms with Crippen molar-refractivity contribution in [3.05, 3.63) is 35.9 Å². The second-order valence-electron chi connectivity index (χ2n) is 5.65. The molecule has 2 atom stereocenters. The van der Waals surface area contributed by atoms with Crippen LogP contribution in [0.4, 0.5) is 4.79 Å². The van der Waals surface area contributed by atoms with E-state index < -0.39 is 5.97 Å². The molecule has 1 aliphatic heterocycles. The number of aliphatic carboxylic acids is 1. The van der Waals surface area contributed by atoms with E-state index >= 15 is 0 Å². The van der Waals surface area contributed by atoms with Gasteiger partial charge < -0.3 is 15.3 Å². The Hall–Kier alpha value is -2.04. The van der Waals surface area contributed by atoms with Crippen LogP contribution in [0.2, 0.25) is 0 Å². The lowest BCUT2D eigenvalue weighted by atomic mass is 10.0. The van der Waals surface area contributed by atoms with Crippen molar-refractivity contribution in [3.8, 4) is 0 Å². The molecule has 1 saturated heterocycles. The van der Waals surface area contributed by atoms with Crippen molar-refractivity contribution in [2.75, 3.05) is 13.1 Å². The normalized spacial score (nSPS) is 21.3. The summed E-state index contributed by atoms with van der Waals surface area (Å²) in [6.07, 6.45) is 1.51. The molecule has 0 aliphatic carbocycles. The van der Waals surface area contributed by atoms with Crippen molar-refractivity contribution in [1.29, 1.82) is 0 Å². The maximum absolute atomic E-state index is 12.3. The van der Waals surface area contributed by atoms with Crippen LogP contribution in [-0.4, -0.2) is 35.1 Å². The van der Waals surface area contributed by atoms with Gasteiger partial charge in [0.15, 0.2) is 0 Å². The zero-order valence-electron chi connectivity index (χ0n) is 12.3. The molecule has 21 heavy (non-hydrogen) atoms. The SMILES string of the molecule is CC1CC(c2ccccc2)N(C(=O)NCCCC(=O)O)C1. The highest BCUT2D eigenvalue weighted by molar-refractivity contribution is 5.75. The van der Waals surface area contributed by atoms with E-state index in [0.29, 0.717) is 18.9 Å². The van der Waals surface area contributed by atoms with Crippen LogP contribution in [0.1, 0.15) is 37.8 Å². The van der Waals surface area contributed by atoms with Gasteiger partial charge in [-0.1, -0.05) is 37.3 Å². The summed E-state index contributed by atoms with van der Waals surface area (Å²) < 4.78 is 0. The Morgan fingerprint density at radius 1 is 1.33 bits per heavy atom. The number of carboxylic acids is 1. The average Bonchev–Trinajstić information content (AvgIpc) is 2.86. The molecule has 1 aromatic carbocycles. The Bertz CT molecular complexity index is 490. The minimum atomic E-state index is -0.832. The van der Waals surface area contributed by atoms with Gasteiger partial charge in [-0.15, -0.1) is 0 Å². The molecule has 2 unspecified atom stereocenters. The molecule has 0 bridgehead atoms. The number of benzene rings is 1. The summed E-state index contributed by atoms with van der Waals surface area (Å²) in [5.74, 6) is -0.360. The fraction of sp³-hybridized carbons (Fsp3) is 0.500. The van der Waals surface area contributed by atoms with Crippen molar-refractivity contribution in [2.45, 2.75) is 32.2 Å². The number of carbonyl (C=O) groups excluding carboxylic acids is 1. The summed E-state index contributed by atoms with van der Waals surface area (Å²) in [5.41, 5.74) is 1.16. The molecular formula is C16H22N2O3. The fourth-order valence-corrected chi connectivity index (χ4v) is 2.80. The number of likely N-dealkylation sites (tertiary alicyclic amines) is 1. The van der Waals surface area contributed by atoms with Crippen LogP contribution in [0, 0.1) is 5.92 Å². The highest BCUT2D eigenvalue weighted by atomic mass is 16.4. The van der Waals surface area contributed by atoms with Gasteiger partial charge in [-0.3, -0.25) is 4.79 Å². The minimum absolute atomic E-state index is 0.0821. The zero-order valence-corrected chi connectivity index (χ0v) is 12.3. The molecule has 0 aromatic heterocycles. The third kappa shape index (κ3) is 4.21. The molecule has 0 radical (unpaired) electrons. The molecule has 1 heterocycles. The van der Waals surface area contributed by atoms with Crippen LogP contribution in [0.25, 0.3) is 0 Å². The molecule has 1 fully saturated rings. The summed E-state index contributed by atoms with van der Waals surface area (Å²) in [4.78, 5) is 24.6. The quantitative estimate of drug-likeness (QED) is 0.819. The van der Waals surface area contributed by atoms with Gasteiger partial charge in [0, 0.05) is 19.5 Å². The van der Waals surface area contributed by atoms with Gasteiger partial charge in [-0.2, -0.15) is 0 Å². The lowest BCUT2D eigenvalue weighted by molar-refractivity contribution is -0.137. The Labute approximate surface area is 125 Å². The van der Waals surface area contributed by atoms with E-state index in [4.69, 9.17) is 5.11 Å². The van der Waals surface area contributed by atoms with Crippen molar-refractivity contribution in [2.24, 2.45) is 5.92 Å². The number of carbonyl (C=O) groups is 2. The molecule has 114 valence electrons. The first kappa shape index (κ1) is 15.4. The molecular weight excluding hydrogens is 268 g/mol. The van der Waals surface area contributed by atoms with Crippen LogP contribution in [-0.2, 0) is 4.79 Å². The lowest BCUT2D eigenvalue weighted by Gasteiger charge is -2.25. The molecule has 5 heteroatoms. The first-order chi connectivity index (χ1) is 10.1. The monoisotopic (exact) mass is 290 g/mol. The summed E-state index contributed by atoms with van der Waals surface area (Å²) >= 11 is 0. The van der Waals surface area contributed by atoms with Gasteiger partial charge in [0.25, 0.3) is 0 Å². The van der Waals surface area contributed by atoms with E-state index in [1.54, 1.807) is 0 Å². The van der Waals surface area contributed by atoms with Crippen LogP contribution in [0.3, 0.4) is 0 Å².